The molecule has 0 aliphatic carbocycles. The number of para-hydroxylation sites is 1. The summed E-state index contributed by atoms with van der Waals surface area (Å²) in [5.74, 6) is 1.73. The van der Waals surface area contributed by atoms with Crippen molar-refractivity contribution >= 4 is 5.82 Å². The Kier molecular flexibility index (Phi) is 3.35. The molecule has 5 nitrogen and oxygen atoms in total. The predicted octanol–water partition coefficient (Wildman–Crippen LogP) is 3.75. The van der Waals surface area contributed by atoms with E-state index in [-0.39, 0.29) is 0 Å². The van der Waals surface area contributed by atoms with Crippen molar-refractivity contribution in [1.29, 1.82) is 5.26 Å². The zero-order valence-electron chi connectivity index (χ0n) is 12.6. The number of hydrogen-bond donors (Lipinski definition) is 1. The Bertz CT molecular complexity index is 871. The summed E-state index contributed by atoms with van der Waals surface area (Å²) in [7, 11) is 0. The summed E-state index contributed by atoms with van der Waals surface area (Å²) in [6.45, 7) is 0.908. The molecule has 0 atom stereocenters. The van der Waals surface area contributed by atoms with Gasteiger partial charge in [-0.3, -0.25) is 0 Å². The smallest absolute Gasteiger partial charge is 0.154 e. The van der Waals surface area contributed by atoms with Gasteiger partial charge in [0.05, 0.1) is 17.5 Å². The largest absolute Gasteiger partial charge is 0.463 e. The van der Waals surface area contributed by atoms with Crippen molar-refractivity contribution in [1.82, 2.24) is 9.78 Å². The molecule has 4 rings (SSSR count). The van der Waals surface area contributed by atoms with Gasteiger partial charge in [-0.15, -0.1) is 0 Å². The molecule has 0 radical (unpaired) electrons. The van der Waals surface area contributed by atoms with E-state index in [4.69, 9.17) is 9.52 Å². The maximum Gasteiger partial charge on any atom is 0.154 e. The average Bonchev–Trinajstić information content (AvgIpc) is 3.17. The highest BCUT2D eigenvalue weighted by Crippen LogP contribution is 2.34. The minimum absolute atomic E-state index is 0.606. The fraction of sp³-hybridized carbons (Fsp3) is 0.222. The molecule has 0 bridgehead atoms. The first-order chi connectivity index (χ1) is 11.4. The fourth-order valence-electron chi connectivity index (χ4n) is 3.04. The first-order valence-corrected chi connectivity index (χ1v) is 7.77. The molecule has 5 heteroatoms. The van der Waals surface area contributed by atoms with Gasteiger partial charge in [0, 0.05) is 12.1 Å². The summed E-state index contributed by atoms with van der Waals surface area (Å²) in [5, 5.41) is 17.6. The maximum atomic E-state index is 9.40. The number of aromatic nitrogens is 2. The lowest BCUT2D eigenvalue weighted by Gasteiger charge is -2.10. The van der Waals surface area contributed by atoms with Crippen LogP contribution >= 0.6 is 0 Å². The average molecular weight is 304 g/mol. The van der Waals surface area contributed by atoms with Crippen molar-refractivity contribution in [3.63, 3.8) is 0 Å². The highest BCUT2D eigenvalue weighted by Gasteiger charge is 2.23. The standard InChI is InChI=1S/C18H16N4O/c19-12-13-6-1-2-8-15(13)22-18-14(7-3-4-10-20-18)17(21-22)16-9-5-11-23-16/h1-2,5-6,8-9,11,20H,3-4,7,10H2. The Labute approximate surface area is 134 Å². The van der Waals surface area contributed by atoms with E-state index in [1.807, 2.05) is 41.1 Å². The molecule has 1 aliphatic rings. The lowest BCUT2D eigenvalue weighted by Crippen LogP contribution is -2.08. The number of benzene rings is 1. The monoisotopic (exact) mass is 304 g/mol. The van der Waals surface area contributed by atoms with Crippen molar-refractivity contribution in [2.24, 2.45) is 0 Å². The quantitative estimate of drug-likeness (QED) is 0.783. The molecule has 0 spiro atoms. The molecule has 23 heavy (non-hydrogen) atoms. The van der Waals surface area contributed by atoms with Gasteiger partial charge in [0.15, 0.2) is 5.76 Å². The van der Waals surface area contributed by atoms with Gasteiger partial charge < -0.3 is 9.73 Å². The number of rotatable bonds is 2. The van der Waals surface area contributed by atoms with E-state index in [0.29, 0.717) is 5.56 Å². The molecule has 3 aromatic rings. The molecule has 1 aliphatic heterocycles. The van der Waals surface area contributed by atoms with E-state index in [1.54, 1.807) is 6.26 Å². The molecule has 0 unspecified atom stereocenters. The molecule has 0 saturated heterocycles. The second-order valence-electron chi connectivity index (χ2n) is 5.58. The Morgan fingerprint density at radius 2 is 2.09 bits per heavy atom. The zero-order chi connectivity index (χ0) is 15.6. The van der Waals surface area contributed by atoms with Crippen LogP contribution in [0.15, 0.2) is 47.1 Å². The van der Waals surface area contributed by atoms with Crippen LogP contribution in [0.2, 0.25) is 0 Å². The Morgan fingerprint density at radius 1 is 1.17 bits per heavy atom. The predicted molar refractivity (Wildman–Crippen MR) is 87.4 cm³/mol. The van der Waals surface area contributed by atoms with Gasteiger partial charge in [-0.1, -0.05) is 12.1 Å². The van der Waals surface area contributed by atoms with Crippen LogP contribution in [0.1, 0.15) is 24.0 Å². The summed E-state index contributed by atoms with van der Waals surface area (Å²) in [6.07, 6.45) is 4.84. The molecule has 0 fully saturated rings. The van der Waals surface area contributed by atoms with E-state index in [0.717, 1.165) is 54.3 Å². The number of anilines is 1. The van der Waals surface area contributed by atoms with E-state index in [9.17, 15) is 5.26 Å². The lowest BCUT2D eigenvalue weighted by atomic mass is 10.1. The van der Waals surface area contributed by atoms with Crippen LogP contribution in [-0.2, 0) is 6.42 Å². The van der Waals surface area contributed by atoms with Gasteiger partial charge in [0.2, 0.25) is 0 Å². The lowest BCUT2D eigenvalue weighted by molar-refractivity contribution is 0.578. The number of nitrogens with zero attached hydrogens (tertiary/aromatic N) is 3. The third-order valence-corrected chi connectivity index (χ3v) is 4.14. The molecule has 1 N–H and O–H groups in total. The molecule has 114 valence electrons. The van der Waals surface area contributed by atoms with Gasteiger partial charge in [-0.2, -0.15) is 10.4 Å². The highest BCUT2D eigenvalue weighted by atomic mass is 16.3. The summed E-state index contributed by atoms with van der Waals surface area (Å²) in [5.41, 5.74) is 3.41. The van der Waals surface area contributed by atoms with Crippen molar-refractivity contribution in [3.8, 4) is 23.2 Å². The summed E-state index contributed by atoms with van der Waals surface area (Å²) in [4.78, 5) is 0. The number of nitrogens with one attached hydrogen (secondary N) is 1. The van der Waals surface area contributed by atoms with Gasteiger partial charge in [0.1, 0.15) is 17.6 Å². The normalized spacial score (nSPS) is 13.7. The Hall–Kier alpha value is -3.00. The number of nitriles is 1. The first kappa shape index (κ1) is 13.6. The fourth-order valence-corrected chi connectivity index (χ4v) is 3.04. The van der Waals surface area contributed by atoms with Gasteiger partial charge in [0.25, 0.3) is 0 Å². The van der Waals surface area contributed by atoms with E-state index < -0.39 is 0 Å². The topological polar surface area (TPSA) is 66.8 Å². The third-order valence-electron chi connectivity index (χ3n) is 4.14. The Balaban J connectivity index is 1.96. The zero-order valence-corrected chi connectivity index (χ0v) is 12.6. The van der Waals surface area contributed by atoms with Gasteiger partial charge >= 0.3 is 0 Å². The van der Waals surface area contributed by atoms with Crippen LogP contribution in [0, 0.1) is 11.3 Å². The SMILES string of the molecule is N#Cc1ccccc1-n1nc(-c2ccco2)c2c1NCCCC2. The van der Waals surface area contributed by atoms with Crippen molar-refractivity contribution < 1.29 is 4.42 Å². The number of hydrogen-bond acceptors (Lipinski definition) is 4. The van der Waals surface area contributed by atoms with Crippen LogP contribution in [0.25, 0.3) is 17.1 Å². The van der Waals surface area contributed by atoms with Gasteiger partial charge in [-0.05, 0) is 43.5 Å². The van der Waals surface area contributed by atoms with Crippen LogP contribution in [0.5, 0.6) is 0 Å². The maximum absolute atomic E-state index is 9.40. The summed E-state index contributed by atoms with van der Waals surface area (Å²) in [6, 6.07) is 13.6. The second kappa shape index (κ2) is 5.65. The van der Waals surface area contributed by atoms with Crippen molar-refractivity contribution in [3.05, 3.63) is 53.8 Å². The van der Waals surface area contributed by atoms with Crippen LogP contribution in [0.3, 0.4) is 0 Å². The van der Waals surface area contributed by atoms with Crippen molar-refractivity contribution in [2.75, 3.05) is 11.9 Å². The summed E-state index contributed by atoms with van der Waals surface area (Å²) >= 11 is 0. The van der Waals surface area contributed by atoms with Crippen LogP contribution < -0.4 is 5.32 Å². The van der Waals surface area contributed by atoms with Crippen LogP contribution in [0.4, 0.5) is 5.82 Å². The summed E-state index contributed by atoms with van der Waals surface area (Å²) < 4.78 is 7.41. The Morgan fingerprint density at radius 3 is 2.91 bits per heavy atom. The van der Waals surface area contributed by atoms with E-state index in [2.05, 4.69) is 11.4 Å². The molecule has 0 saturated carbocycles. The molecular weight excluding hydrogens is 288 g/mol. The minimum Gasteiger partial charge on any atom is -0.463 e. The molecule has 0 amide bonds. The third kappa shape index (κ3) is 2.29. The van der Waals surface area contributed by atoms with Gasteiger partial charge in [-0.25, -0.2) is 4.68 Å². The van der Waals surface area contributed by atoms with E-state index >= 15 is 0 Å². The molecule has 1 aromatic carbocycles. The molecule has 2 aromatic heterocycles. The van der Waals surface area contributed by atoms with Crippen molar-refractivity contribution in [2.45, 2.75) is 19.3 Å². The molecule has 3 heterocycles. The molecular formula is C18H16N4O. The number of fused-ring (bicyclic) bond motifs is 1. The highest BCUT2D eigenvalue weighted by molar-refractivity contribution is 5.69. The van der Waals surface area contributed by atoms with Crippen LogP contribution in [-0.4, -0.2) is 16.3 Å². The van der Waals surface area contributed by atoms with E-state index in [1.165, 1.54) is 0 Å². The first-order valence-electron chi connectivity index (χ1n) is 7.77. The second-order valence-corrected chi connectivity index (χ2v) is 5.58. The number of furan rings is 1. The minimum atomic E-state index is 0.606.